The minimum atomic E-state index is -4.05. The van der Waals surface area contributed by atoms with Crippen molar-refractivity contribution < 1.29 is 13.2 Å². The molecule has 1 aromatic heterocycles. The molecule has 0 aliphatic rings. The Bertz CT molecular complexity index is 1420. The van der Waals surface area contributed by atoms with E-state index in [2.05, 4.69) is 10.3 Å². The highest BCUT2D eigenvalue weighted by molar-refractivity contribution is 7.92. The number of hydrogen-bond donors (Lipinski definition) is 1. The van der Waals surface area contributed by atoms with Crippen molar-refractivity contribution in [3.05, 3.63) is 107 Å². The third-order valence-electron chi connectivity index (χ3n) is 5.28. The van der Waals surface area contributed by atoms with Crippen molar-refractivity contribution in [2.24, 2.45) is 0 Å². The minimum absolute atomic E-state index is 0.0503. The number of carbonyl (C=O) groups is 1. The molecule has 0 unspecified atom stereocenters. The molecule has 4 rings (SSSR count). The van der Waals surface area contributed by atoms with Crippen LogP contribution in [0.4, 0.5) is 5.69 Å². The van der Waals surface area contributed by atoms with E-state index >= 15 is 0 Å². The summed E-state index contributed by atoms with van der Waals surface area (Å²) in [6.07, 6.45) is 3.60. The molecule has 0 aliphatic heterocycles. The second-order valence-electron chi connectivity index (χ2n) is 7.74. The quantitative estimate of drug-likeness (QED) is 0.348. The van der Waals surface area contributed by atoms with Gasteiger partial charge < -0.3 is 9.88 Å². The number of aryl methyl sites for hydroxylation is 1. The van der Waals surface area contributed by atoms with Crippen molar-refractivity contribution in [1.29, 1.82) is 0 Å². The van der Waals surface area contributed by atoms with Crippen LogP contribution >= 0.6 is 23.2 Å². The van der Waals surface area contributed by atoms with Gasteiger partial charge in [-0.25, -0.2) is 13.4 Å². The van der Waals surface area contributed by atoms with Crippen LogP contribution in [0.2, 0.25) is 10.0 Å². The summed E-state index contributed by atoms with van der Waals surface area (Å²) in [5, 5.41) is 3.30. The summed E-state index contributed by atoms with van der Waals surface area (Å²) >= 11 is 12.2. The monoisotopic (exact) mass is 528 g/mol. The lowest BCUT2D eigenvalue weighted by Gasteiger charge is -2.24. The summed E-state index contributed by atoms with van der Waals surface area (Å²) in [7, 11) is -4.05. The number of nitrogens with one attached hydrogen (secondary N) is 1. The van der Waals surface area contributed by atoms with Crippen molar-refractivity contribution in [3.8, 4) is 5.69 Å². The molecular formula is C25H22Cl2N4O3S. The molecule has 7 nitrogen and oxygen atoms in total. The number of imidazole rings is 1. The highest BCUT2D eigenvalue weighted by Gasteiger charge is 2.27. The first kappa shape index (κ1) is 24.8. The summed E-state index contributed by atoms with van der Waals surface area (Å²) in [5.41, 5.74) is 2.01. The average molecular weight is 529 g/mol. The molecule has 3 aromatic carbocycles. The number of nitrogens with zero attached hydrogens (tertiary/aromatic N) is 3. The lowest BCUT2D eigenvalue weighted by atomic mass is 10.2. The van der Waals surface area contributed by atoms with Gasteiger partial charge in [-0.3, -0.25) is 9.10 Å². The van der Waals surface area contributed by atoms with E-state index < -0.39 is 22.5 Å². The molecular weight excluding hydrogens is 507 g/mol. The largest absolute Gasteiger partial charge is 0.350 e. The Morgan fingerprint density at radius 2 is 1.66 bits per heavy atom. The smallest absolute Gasteiger partial charge is 0.264 e. The van der Waals surface area contributed by atoms with Gasteiger partial charge in [-0.15, -0.1) is 0 Å². The van der Waals surface area contributed by atoms with Gasteiger partial charge in [0.1, 0.15) is 12.4 Å². The first-order valence-corrected chi connectivity index (χ1v) is 12.8. The van der Waals surface area contributed by atoms with Crippen LogP contribution in [0.5, 0.6) is 0 Å². The molecule has 0 radical (unpaired) electrons. The Labute approximate surface area is 214 Å². The van der Waals surface area contributed by atoms with E-state index in [1.54, 1.807) is 24.4 Å². The summed E-state index contributed by atoms with van der Waals surface area (Å²) in [4.78, 5) is 17.1. The molecule has 0 aliphatic carbocycles. The zero-order chi connectivity index (χ0) is 25.0. The van der Waals surface area contributed by atoms with Crippen LogP contribution in [0.3, 0.4) is 0 Å². The second kappa shape index (κ2) is 10.5. The Balaban J connectivity index is 1.52. The van der Waals surface area contributed by atoms with E-state index in [0.29, 0.717) is 0 Å². The molecule has 1 N–H and O–H groups in total. The molecule has 1 heterocycles. The minimum Gasteiger partial charge on any atom is -0.350 e. The van der Waals surface area contributed by atoms with Gasteiger partial charge in [0.15, 0.2) is 0 Å². The molecule has 0 saturated heterocycles. The fraction of sp³-hybridized carbons (Fsp3) is 0.120. The molecule has 10 heteroatoms. The maximum absolute atomic E-state index is 13.4. The van der Waals surface area contributed by atoms with Gasteiger partial charge in [-0.05, 0) is 55.0 Å². The number of hydrogen-bond acceptors (Lipinski definition) is 4. The fourth-order valence-corrected chi connectivity index (χ4v) is 5.47. The zero-order valence-electron chi connectivity index (χ0n) is 18.7. The lowest BCUT2D eigenvalue weighted by Crippen LogP contribution is -2.40. The van der Waals surface area contributed by atoms with E-state index in [1.165, 1.54) is 30.3 Å². The van der Waals surface area contributed by atoms with E-state index in [1.807, 2.05) is 42.0 Å². The third kappa shape index (κ3) is 5.85. The van der Waals surface area contributed by atoms with Crippen molar-refractivity contribution in [2.45, 2.75) is 18.4 Å². The number of aromatic nitrogens is 2. The number of rotatable bonds is 8. The molecule has 0 fully saturated rings. The predicted octanol–water partition coefficient (Wildman–Crippen LogP) is 5.00. The normalized spacial score (nSPS) is 11.3. The molecule has 4 aromatic rings. The van der Waals surface area contributed by atoms with Crippen LogP contribution in [0.1, 0.15) is 11.4 Å². The number of anilines is 1. The standard InChI is InChI=1S/C25H22Cl2N4O3S/c1-18-28-11-12-30(18)22-9-7-19(8-10-22)16-29-25(32)17-31(23-14-20(26)13-21(27)15-23)35(33,34)24-5-3-2-4-6-24/h2-15H,16-17H2,1H3,(H,29,32). The molecule has 0 spiro atoms. The van der Waals surface area contributed by atoms with Crippen LogP contribution in [0.25, 0.3) is 5.69 Å². The van der Waals surface area contributed by atoms with Gasteiger partial charge in [0.2, 0.25) is 5.91 Å². The Kier molecular flexibility index (Phi) is 7.45. The molecule has 1 amide bonds. The molecule has 180 valence electrons. The summed E-state index contributed by atoms with van der Waals surface area (Å²) in [5.74, 6) is 0.391. The number of halogens is 2. The van der Waals surface area contributed by atoms with Crippen LogP contribution in [0.15, 0.2) is 90.1 Å². The molecule has 0 saturated carbocycles. The number of benzene rings is 3. The molecule has 0 atom stereocenters. The van der Waals surface area contributed by atoms with Gasteiger partial charge >= 0.3 is 0 Å². The topological polar surface area (TPSA) is 84.3 Å². The Morgan fingerprint density at radius 1 is 1.00 bits per heavy atom. The van der Waals surface area contributed by atoms with Crippen molar-refractivity contribution in [1.82, 2.24) is 14.9 Å². The van der Waals surface area contributed by atoms with Gasteiger partial charge in [-0.1, -0.05) is 53.5 Å². The van der Waals surface area contributed by atoms with Gasteiger partial charge in [-0.2, -0.15) is 0 Å². The summed E-state index contributed by atoms with van der Waals surface area (Å²) in [6, 6.07) is 19.9. The average Bonchev–Trinajstić information content (AvgIpc) is 3.27. The van der Waals surface area contributed by atoms with Crippen molar-refractivity contribution in [2.75, 3.05) is 10.8 Å². The Hall–Kier alpha value is -3.33. The van der Waals surface area contributed by atoms with Crippen molar-refractivity contribution in [3.63, 3.8) is 0 Å². The maximum atomic E-state index is 13.4. The van der Waals surface area contributed by atoms with E-state index in [0.717, 1.165) is 21.4 Å². The predicted molar refractivity (Wildman–Crippen MR) is 138 cm³/mol. The SMILES string of the molecule is Cc1nccn1-c1ccc(CNC(=O)CN(c2cc(Cl)cc(Cl)c2)S(=O)(=O)c2ccccc2)cc1. The summed E-state index contributed by atoms with van der Waals surface area (Å²) < 4.78 is 29.7. The van der Waals surface area contributed by atoms with Crippen molar-refractivity contribution >= 4 is 44.8 Å². The van der Waals surface area contributed by atoms with Crippen LogP contribution < -0.4 is 9.62 Å². The molecule has 35 heavy (non-hydrogen) atoms. The van der Waals surface area contributed by atoms with Crippen LogP contribution in [0, 0.1) is 6.92 Å². The van der Waals surface area contributed by atoms with E-state index in [4.69, 9.17) is 23.2 Å². The first-order chi connectivity index (χ1) is 16.7. The first-order valence-electron chi connectivity index (χ1n) is 10.6. The molecule has 0 bridgehead atoms. The van der Waals surface area contributed by atoms with Gasteiger partial charge in [0.25, 0.3) is 10.0 Å². The van der Waals surface area contributed by atoms with Crippen LogP contribution in [-0.2, 0) is 21.4 Å². The fourth-order valence-electron chi connectivity index (χ4n) is 3.53. The zero-order valence-corrected chi connectivity index (χ0v) is 21.1. The number of sulfonamides is 1. The second-order valence-corrected chi connectivity index (χ2v) is 10.5. The van der Waals surface area contributed by atoms with Crippen LogP contribution in [-0.4, -0.2) is 30.4 Å². The number of carbonyl (C=O) groups excluding carboxylic acids is 1. The third-order valence-corrected chi connectivity index (χ3v) is 7.51. The summed E-state index contributed by atoms with van der Waals surface area (Å²) in [6.45, 7) is 1.70. The van der Waals surface area contributed by atoms with E-state index in [-0.39, 0.29) is 27.2 Å². The highest BCUT2D eigenvalue weighted by atomic mass is 35.5. The number of amides is 1. The highest BCUT2D eigenvalue weighted by Crippen LogP contribution is 2.29. The van der Waals surface area contributed by atoms with E-state index in [9.17, 15) is 13.2 Å². The lowest BCUT2D eigenvalue weighted by molar-refractivity contribution is -0.119. The van der Waals surface area contributed by atoms with Gasteiger partial charge in [0, 0.05) is 34.7 Å². The maximum Gasteiger partial charge on any atom is 0.264 e. The Morgan fingerprint density at radius 3 is 2.26 bits per heavy atom. The van der Waals surface area contributed by atoms with Gasteiger partial charge in [0.05, 0.1) is 10.6 Å².